The van der Waals surface area contributed by atoms with E-state index in [0.717, 1.165) is 11.3 Å². The number of sulfone groups is 1. The summed E-state index contributed by atoms with van der Waals surface area (Å²) in [7, 11) is -3.02. The predicted octanol–water partition coefficient (Wildman–Crippen LogP) is 2.39. The number of fused-ring (bicyclic) bond motifs is 1. The second kappa shape index (κ2) is 5.89. The minimum Gasteiger partial charge on any atom is -0.310 e. The Morgan fingerprint density at radius 3 is 2.92 bits per heavy atom. The molecule has 2 aromatic heterocycles. The van der Waals surface area contributed by atoms with E-state index < -0.39 is 9.84 Å². The number of carbonyl (C=O) groups excluding carboxylic acids is 1. The lowest BCUT2D eigenvalue weighted by molar-refractivity contribution is -0.113. The molecule has 0 unspecified atom stereocenters. The van der Waals surface area contributed by atoms with Gasteiger partial charge in [0.05, 0.1) is 34.2 Å². The Bertz CT molecular complexity index is 887. The maximum Gasteiger partial charge on any atom is 0.235 e. The number of thiophene rings is 1. The van der Waals surface area contributed by atoms with Crippen LogP contribution in [0.25, 0.3) is 0 Å². The fourth-order valence-corrected chi connectivity index (χ4v) is 7.16. The molecule has 1 saturated heterocycles. The van der Waals surface area contributed by atoms with E-state index in [9.17, 15) is 13.2 Å². The average molecular weight is 384 g/mol. The van der Waals surface area contributed by atoms with Crippen molar-refractivity contribution in [2.24, 2.45) is 0 Å². The zero-order chi connectivity index (χ0) is 16.9. The molecular formula is C15H17N3O3S3. The van der Waals surface area contributed by atoms with Crippen LogP contribution < -0.4 is 5.32 Å². The highest BCUT2D eigenvalue weighted by atomic mass is 32.2. The number of nitrogens with one attached hydrogen (secondary N) is 1. The summed E-state index contributed by atoms with van der Waals surface area (Å²) in [6.45, 7) is 1.93. The number of hydrogen-bond donors (Lipinski definition) is 1. The Morgan fingerprint density at radius 1 is 1.42 bits per heavy atom. The van der Waals surface area contributed by atoms with E-state index in [0.29, 0.717) is 18.0 Å². The third-order valence-electron chi connectivity index (χ3n) is 4.39. The fourth-order valence-electron chi connectivity index (χ4n) is 3.31. The lowest BCUT2D eigenvalue weighted by atomic mass is 10.1. The van der Waals surface area contributed by atoms with Crippen LogP contribution in [-0.4, -0.2) is 41.4 Å². The number of aromatic nitrogens is 2. The Labute approximate surface area is 148 Å². The molecule has 4 rings (SSSR count). The molecule has 9 heteroatoms. The highest BCUT2D eigenvalue weighted by Crippen LogP contribution is 2.45. The maximum absolute atomic E-state index is 12.2. The van der Waals surface area contributed by atoms with Gasteiger partial charge in [0.15, 0.2) is 9.84 Å². The van der Waals surface area contributed by atoms with Crippen LogP contribution in [0.2, 0.25) is 0 Å². The molecule has 1 fully saturated rings. The molecule has 6 nitrogen and oxygen atoms in total. The molecule has 0 radical (unpaired) electrons. The van der Waals surface area contributed by atoms with Crippen LogP contribution in [0.3, 0.4) is 0 Å². The minimum atomic E-state index is -3.02. The van der Waals surface area contributed by atoms with Crippen molar-refractivity contribution in [3.8, 4) is 0 Å². The van der Waals surface area contributed by atoms with Gasteiger partial charge >= 0.3 is 0 Å². The van der Waals surface area contributed by atoms with Crippen molar-refractivity contribution in [3.05, 3.63) is 33.6 Å². The van der Waals surface area contributed by atoms with Crippen molar-refractivity contribution in [2.75, 3.05) is 22.6 Å². The van der Waals surface area contributed by atoms with E-state index in [1.165, 1.54) is 4.88 Å². The second-order valence-electron chi connectivity index (χ2n) is 6.10. The van der Waals surface area contributed by atoms with Gasteiger partial charge in [0.25, 0.3) is 0 Å². The molecule has 1 amide bonds. The Kier molecular flexibility index (Phi) is 3.97. The summed E-state index contributed by atoms with van der Waals surface area (Å²) in [5.41, 5.74) is 1.85. The van der Waals surface area contributed by atoms with E-state index in [1.54, 1.807) is 27.8 Å². The molecule has 0 spiro atoms. The normalized spacial score (nSPS) is 26.0. The third-order valence-corrected chi connectivity index (χ3v) is 8.48. The van der Waals surface area contributed by atoms with E-state index in [-0.39, 0.29) is 28.7 Å². The molecule has 0 aromatic carbocycles. The molecule has 2 aromatic rings. The van der Waals surface area contributed by atoms with Crippen LogP contribution in [0, 0.1) is 6.92 Å². The maximum atomic E-state index is 12.2. The predicted molar refractivity (Wildman–Crippen MR) is 96.5 cm³/mol. The number of thioether (sulfide) groups is 1. The molecule has 24 heavy (non-hydrogen) atoms. The van der Waals surface area contributed by atoms with Crippen LogP contribution in [0.15, 0.2) is 17.5 Å². The summed E-state index contributed by atoms with van der Waals surface area (Å²) in [5.74, 6) is 1.25. The molecule has 4 heterocycles. The van der Waals surface area contributed by atoms with Gasteiger partial charge in [0, 0.05) is 10.4 Å². The second-order valence-corrected chi connectivity index (χ2v) is 10.4. The first-order valence-electron chi connectivity index (χ1n) is 7.69. The lowest BCUT2D eigenvalue weighted by Gasteiger charge is -2.15. The van der Waals surface area contributed by atoms with Crippen molar-refractivity contribution in [1.29, 1.82) is 0 Å². The molecule has 128 valence electrons. The molecule has 1 N–H and O–H groups in total. The number of amides is 1. The summed E-state index contributed by atoms with van der Waals surface area (Å²) >= 11 is 3.25. The lowest BCUT2D eigenvalue weighted by Crippen LogP contribution is -2.20. The van der Waals surface area contributed by atoms with Crippen LogP contribution in [-0.2, 0) is 14.6 Å². The Balaban J connectivity index is 1.82. The number of carbonyl (C=O) groups is 1. The molecule has 2 aliphatic heterocycles. The molecule has 0 aliphatic carbocycles. The van der Waals surface area contributed by atoms with Crippen molar-refractivity contribution >= 4 is 44.7 Å². The molecule has 0 bridgehead atoms. The van der Waals surface area contributed by atoms with Crippen LogP contribution in [0.5, 0.6) is 0 Å². The van der Waals surface area contributed by atoms with Crippen molar-refractivity contribution in [3.63, 3.8) is 0 Å². The zero-order valence-electron chi connectivity index (χ0n) is 13.1. The van der Waals surface area contributed by atoms with E-state index in [1.807, 2.05) is 18.4 Å². The van der Waals surface area contributed by atoms with Crippen LogP contribution >= 0.6 is 23.1 Å². The molecular weight excluding hydrogens is 366 g/mol. The van der Waals surface area contributed by atoms with Gasteiger partial charge < -0.3 is 5.32 Å². The first-order valence-corrected chi connectivity index (χ1v) is 11.4. The van der Waals surface area contributed by atoms with E-state index >= 15 is 0 Å². The average Bonchev–Trinajstić information content (AvgIpc) is 3.20. The first-order chi connectivity index (χ1) is 11.4. The van der Waals surface area contributed by atoms with E-state index in [4.69, 9.17) is 0 Å². The summed E-state index contributed by atoms with van der Waals surface area (Å²) < 4.78 is 25.4. The fraction of sp³-hybridized carbons (Fsp3) is 0.467. The minimum absolute atomic E-state index is 0.0470. The van der Waals surface area contributed by atoms with Gasteiger partial charge in [-0.15, -0.1) is 23.1 Å². The van der Waals surface area contributed by atoms with Crippen LogP contribution in [0.1, 0.15) is 33.8 Å². The van der Waals surface area contributed by atoms with Gasteiger partial charge in [-0.05, 0) is 24.8 Å². The van der Waals surface area contributed by atoms with Gasteiger partial charge in [-0.2, -0.15) is 5.10 Å². The van der Waals surface area contributed by atoms with E-state index in [2.05, 4.69) is 16.5 Å². The largest absolute Gasteiger partial charge is 0.310 e. The van der Waals surface area contributed by atoms with Crippen molar-refractivity contribution < 1.29 is 13.2 Å². The Hall–Kier alpha value is -1.32. The molecule has 0 saturated carbocycles. The third kappa shape index (κ3) is 2.78. The van der Waals surface area contributed by atoms with Crippen LogP contribution in [0.4, 0.5) is 5.82 Å². The van der Waals surface area contributed by atoms with Gasteiger partial charge in [0.1, 0.15) is 5.82 Å². The van der Waals surface area contributed by atoms with Crippen molar-refractivity contribution in [1.82, 2.24) is 9.78 Å². The zero-order valence-corrected chi connectivity index (χ0v) is 15.5. The summed E-state index contributed by atoms with van der Waals surface area (Å²) in [4.78, 5) is 13.4. The molecule has 2 aliphatic rings. The highest BCUT2D eigenvalue weighted by molar-refractivity contribution is 8.00. The summed E-state index contributed by atoms with van der Waals surface area (Å²) in [5, 5.41) is 9.64. The standard InChI is InChI=1S/C15H17N3O3S3/c1-9-13-14(11-3-2-5-22-11)23-7-12(19)16-15(13)18(17-9)10-4-6-24(20,21)8-10/h2-3,5,10,14H,4,6-8H2,1H3,(H,16,19)/t10-,14+/m1/s1. The summed E-state index contributed by atoms with van der Waals surface area (Å²) in [6.07, 6.45) is 0.544. The smallest absolute Gasteiger partial charge is 0.235 e. The number of rotatable bonds is 2. The summed E-state index contributed by atoms with van der Waals surface area (Å²) in [6, 6.07) is 3.87. The van der Waals surface area contributed by atoms with Gasteiger partial charge in [-0.3, -0.25) is 4.79 Å². The number of aryl methyl sites for hydroxylation is 1. The van der Waals surface area contributed by atoms with Crippen molar-refractivity contribution in [2.45, 2.75) is 24.6 Å². The monoisotopic (exact) mass is 383 g/mol. The van der Waals surface area contributed by atoms with Gasteiger partial charge in [-0.25, -0.2) is 13.1 Å². The number of hydrogen-bond acceptors (Lipinski definition) is 6. The highest BCUT2D eigenvalue weighted by Gasteiger charge is 2.36. The van der Waals surface area contributed by atoms with Gasteiger partial charge in [0.2, 0.25) is 5.91 Å². The SMILES string of the molecule is Cc1nn([C@@H]2CCS(=O)(=O)C2)c2c1[C@H](c1cccs1)SCC(=O)N2. The topological polar surface area (TPSA) is 81.1 Å². The number of anilines is 1. The number of nitrogens with zero attached hydrogens (tertiary/aromatic N) is 2. The van der Waals surface area contributed by atoms with Gasteiger partial charge in [-0.1, -0.05) is 6.07 Å². The first kappa shape index (κ1) is 16.2. The quantitative estimate of drug-likeness (QED) is 0.861. The Morgan fingerprint density at radius 2 is 2.25 bits per heavy atom. The molecule has 2 atom stereocenters.